The van der Waals surface area contributed by atoms with Crippen LogP contribution in [-0.4, -0.2) is 24.7 Å². The minimum absolute atomic E-state index is 0.0530. The fourth-order valence-electron chi connectivity index (χ4n) is 2.34. The van der Waals surface area contributed by atoms with E-state index in [4.69, 9.17) is 4.74 Å². The lowest BCUT2D eigenvalue weighted by atomic mass is 9.96. The van der Waals surface area contributed by atoms with Gasteiger partial charge in [-0.15, -0.1) is 0 Å². The van der Waals surface area contributed by atoms with E-state index in [-0.39, 0.29) is 11.5 Å². The van der Waals surface area contributed by atoms with Gasteiger partial charge in [-0.05, 0) is 45.1 Å². The van der Waals surface area contributed by atoms with Crippen molar-refractivity contribution in [3.05, 3.63) is 0 Å². The molecule has 1 fully saturated rings. The number of hydrogen-bond donors (Lipinski definition) is 1. The first-order chi connectivity index (χ1) is 7.14. The minimum Gasteiger partial charge on any atom is -0.465 e. The van der Waals surface area contributed by atoms with Crippen molar-refractivity contribution < 1.29 is 9.53 Å². The predicted octanol–water partition coefficient (Wildman–Crippen LogP) is 2.11. The number of rotatable bonds is 5. The zero-order valence-electron chi connectivity index (χ0n) is 10.1. The molecule has 0 aromatic heterocycles. The molecule has 1 N–H and O–H groups in total. The predicted molar refractivity (Wildman–Crippen MR) is 60.7 cm³/mol. The molecule has 3 nitrogen and oxygen atoms in total. The lowest BCUT2D eigenvalue weighted by Crippen LogP contribution is -2.51. The van der Waals surface area contributed by atoms with Crippen LogP contribution in [-0.2, 0) is 9.53 Å². The molecule has 0 radical (unpaired) electrons. The van der Waals surface area contributed by atoms with Crippen LogP contribution in [0.15, 0.2) is 0 Å². The fraction of sp³-hybridized carbons (Fsp3) is 0.917. The van der Waals surface area contributed by atoms with Crippen LogP contribution in [0.3, 0.4) is 0 Å². The van der Waals surface area contributed by atoms with Crippen LogP contribution in [0.1, 0.15) is 46.5 Å². The smallest absolute Gasteiger partial charge is 0.326 e. The largest absolute Gasteiger partial charge is 0.465 e. The van der Waals surface area contributed by atoms with Crippen LogP contribution >= 0.6 is 0 Å². The highest BCUT2D eigenvalue weighted by atomic mass is 16.5. The topological polar surface area (TPSA) is 38.3 Å². The molecule has 1 rings (SSSR count). The minimum atomic E-state index is -0.383. The second-order valence-electron chi connectivity index (χ2n) is 4.58. The first-order valence-corrected chi connectivity index (χ1v) is 6.07. The molecule has 15 heavy (non-hydrogen) atoms. The molecule has 88 valence electrons. The third-order valence-corrected chi connectivity index (χ3v) is 3.14. The van der Waals surface area contributed by atoms with Crippen LogP contribution in [0.2, 0.25) is 0 Å². The summed E-state index contributed by atoms with van der Waals surface area (Å²) in [5.41, 5.74) is -0.383. The molecule has 3 heteroatoms. The third kappa shape index (κ3) is 2.94. The van der Waals surface area contributed by atoms with Gasteiger partial charge in [0.25, 0.3) is 0 Å². The molecule has 0 spiro atoms. The Bertz CT molecular complexity index is 218. The molecule has 1 aliphatic rings. The highest BCUT2D eigenvalue weighted by molar-refractivity contribution is 5.81. The highest BCUT2D eigenvalue weighted by Gasteiger charge is 2.44. The molecule has 2 unspecified atom stereocenters. The van der Waals surface area contributed by atoms with E-state index in [0.29, 0.717) is 12.5 Å². The fourth-order valence-corrected chi connectivity index (χ4v) is 2.34. The van der Waals surface area contributed by atoms with Gasteiger partial charge in [0.2, 0.25) is 0 Å². The number of esters is 1. The van der Waals surface area contributed by atoms with Gasteiger partial charge in [0.05, 0.1) is 6.61 Å². The van der Waals surface area contributed by atoms with Gasteiger partial charge >= 0.3 is 5.97 Å². The summed E-state index contributed by atoms with van der Waals surface area (Å²) in [6, 6.07) is 0. The van der Waals surface area contributed by atoms with Gasteiger partial charge in [-0.25, -0.2) is 0 Å². The maximum Gasteiger partial charge on any atom is 0.326 e. The molecule has 0 aromatic carbocycles. The quantitative estimate of drug-likeness (QED) is 0.711. The van der Waals surface area contributed by atoms with E-state index in [1.54, 1.807) is 0 Å². The Morgan fingerprint density at radius 3 is 2.73 bits per heavy atom. The van der Waals surface area contributed by atoms with Crippen molar-refractivity contribution >= 4 is 5.97 Å². The van der Waals surface area contributed by atoms with Crippen molar-refractivity contribution in [2.45, 2.75) is 52.0 Å². The zero-order valence-corrected chi connectivity index (χ0v) is 10.1. The van der Waals surface area contributed by atoms with Gasteiger partial charge in [-0.1, -0.05) is 13.8 Å². The Kier molecular flexibility index (Phi) is 4.58. The first kappa shape index (κ1) is 12.5. The van der Waals surface area contributed by atoms with Gasteiger partial charge < -0.3 is 10.1 Å². The molecule has 0 heterocycles. The Hall–Kier alpha value is -0.570. The summed E-state index contributed by atoms with van der Waals surface area (Å²) in [5.74, 6) is 0.571. The monoisotopic (exact) mass is 213 g/mol. The van der Waals surface area contributed by atoms with Crippen LogP contribution in [0, 0.1) is 5.92 Å². The van der Waals surface area contributed by atoms with E-state index in [9.17, 15) is 4.79 Å². The van der Waals surface area contributed by atoms with Crippen LogP contribution in [0.5, 0.6) is 0 Å². The summed E-state index contributed by atoms with van der Waals surface area (Å²) < 4.78 is 5.17. The van der Waals surface area contributed by atoms with Crippen LogP contribution < -0.4 is 5.32 Å². The summed E-state index contributed by atoms with van der Waals surface area (Å²) in [5, 5.41) is 3.39. The van der Waals surface area contributed by atoms with Gasteiger partial charge in [0.15, 0.2) is 0 Å². The van der Waals surface area contributed by atoms with E-state index < -0.39 is 0 Å². The van der Waals surface area contributed by atoms with Crippen molar-refractivity contribution in [2.24, 2.45) is 5.92 Å². The van der Waals surface area contributed by atoms with E-state index in [0.717, 1.165) is 32.2 Å². The van der Waals surface area contributed by atoms with Crippen molar-refractivity contribution in [3.8, 4) is 0 Å². The summed E-state index contributed by atoms with van der Waals surface area (Å²) in [7, 11) is 0. The summed E-state index contributed by atoms with van der Waals surface area (Å²) in [6.45, 7) is 7.55. The molecule has 1 aliphatic carbocycles. The lowest BCUT2D eigenvalue weighted by molar-refractivity contribution is -0.151. The summed E-state index contributed by atoms with van der Waals surface area (Å²) in [6.07, 6.45) is 4.02. The molecule has 0 aliphatic heterocycles. The van der Waals surface area contributed by atoms with Gasteiger partial charge in [-0.2, -0.15) is 0 Å². The Labute approximate surface area is 92.6 Å². The molecular weight excluding hydrogens is 190 g/mol. The summed E-state index contributed by atoms with van der Waals surface area (Å²) in [4.78, 5) is 11.9. The summed E-state index contributed by atoms with van der Waals surface area (Å²) >= 11 is 0. The average molecular weight is 213 g/mol. The molecule has 0 saturated heterocycles. The molecular formula is C12H23NO2. The number of carbonyl (C=O) groups excluding carboxylic acids is 1. The van der Waals surface area contributed by atoms with Crippen molar-refractivity contribution in [1.29, 1.82) is 0 Å². The van der Waals surface area contributed by atoms with Crippen molar-refractivity contribution in [3.63, 3.8) is 0 Å². The van der Waals surface area contributed by atoms with Gasteiger partial charge in [0, 0.05) is 0 Å². The first-order valence-electron chi connectivity index (χ1n) is 6.07. The molecule has 2 atom stereocenters. The average Bonchev–Trinajstić information content (AvgIpc) is 2.59. The number of hydrogen-bond acceptors (Lipinski definition) is 3. The van der Waals surface area contributed by atoms with E-state index in [1.165, 1.54) is 0 Å². The van der Waals surface area contributed by atoms with E-state index in [2.05, 4.69) is 19.2 Å². The van der Waals surface area contributed by atoms with E-state index in [1.807, 2.05) is 6.92 Å². The number of nitrogens with one attached hydrogen (secondary N) is 1. The van der Waals surface area contributed by atoms with Crippen molar-refractivity contribution in [2.75, 3.05) is 13.2 Å². The Morgan fingerprint density at radius 2 is 2.27 bits per heavy atom. The lowest BCUT2D eigenvalue weighted by Gasteiger charge is -2.28. The number of ether oxygens (including phenoxy) is 1. The Balaban J connectivity index is 2.64. The normalized spacial score (nSPS) is 30.5. The molecule has 0 aromatic rings. The highest BCUT2D eigenvalue weighted by Crippen LogP contribution is 2.35. The standard InChI is InChI=1S/C12H23NO2/c1-4-8-13-12(11(14)15-5-2)7-6-10(3)9-12/h10,13H,4-9H2,1-3H3. The SMILES string of the molecule is CCCNC1(C(=O)OCC)CCC(C)C1. The van der Waals surface area contributed by atoms with Crippen molar-refractivity contribution in [1.82, 2.24) is 5.32 Å². The third-order valence-electron chi connectivity index (χ3n) is 3.14. The Morgan fingerprint density at radius 1 is 1.53 bits per heavy atom. The van der Waals surface area contributed by atoms with Crippen LogP contribution in [0.25, 0.3) is 0 Å². The van der Waals surface area contributed by atoms with Crippen LogP contribution in [0.4, 0.5) is 0 Å². The van der Waals surface area contributed by atoms with E-state index >= 15 is 0 Å². The van der Waals surface area contributed by atoms with Gasteiger partial charge in [-0.3, -0.25) is 4.79 Å². The molecule has 1 saturated carbocycles. The second-order valence-corrected chi connectivity index (χ2v) is 4.58. The molecule has 0 bridgehead atoms. The van der Waals surface area contributed by atoms with Gasteiger partial charge in [0.1, 0.15) is 5.54 Å². The second kappa shape index (κ2) is 5.50. The molecule has 0 amide bonds. The maximum absolute atomic E-state index is 11.9. The number of carbonyl (C=O) groups is 1. The maximum atomic E-state index is 11.9. The zero-order chi connectivity index (χ0) is 11.3.